The number of amides is 1. The Hall–Kier alpha value is -2.09. The van der Waals surface area contributed by atoms with Crippen LogP contribution in [0.4, 0.5) is 10.6 Å². The van der Waals surface area contributed by atoms with Gasteiger partial charge in [-0.3, -0.25) is 4.90 Å². The smallest absolute Gasteiger partial charge is 0.416 e. The number of anilines is 1. The standard InChI is InChI=1S/C13H16N4O4/c14-7-1-2-8-9(5-7)21-13(18)17(8)11-6-10-12(16-15-11)20-4-3-19-10/h6-9H,1-5,14H2. The summed E-state index contributed by atoms with van der Waals surface area (Å²) in [7, 11) is 0. The minimum absolute atomic E-state index is 0.0332. The summed E-state index contributed by atoms with van der Waals surface area (Å²) in [5.41, 5.74) is 5.94. The Morgan fingerprint density at radius 2 is 2.10 bits per heavy atom. The molecular formula is C13H16N4O4. The molecule has 1 saturated carbocycles. The highest BCUT2D eigenvalue weighted by Gasteiger charge is 2.46. The van der Waals surface area contributed by atoms with Crippen LogP contribution < -0.4 is 20.1 Å². The zero-order valence-corrected chi connectivity index (χ0v) is 11.4. The van der Waals surface area contributed by atoms with Gasteiger partial charge in [-0.25, -0.2) is 4.79 Å². The topological polar surface area (TPSA) is 99.8 Å². The number of rotatable bonds is 1. The van der Waals surface area contributed by atoms with E-state index in [1.165, 1.54) is 0 Å². The molecule has 1 amide bonds. The summed E-state index contributed by atoms with van der Waals surface area (Å²) in [5.74, 6) is 1.31. The quantitative estimate of drug-likeness (QED) is 0.802. The van der Waals surface area contributed by atoms with E-state index < -0.39 is 6.09 Å². The summed E-state index contributed by atoms with van der Waals surface area (Å²) in [6.45, 7) is 0.916. The van der Waals surface area contributed by atoms with Gasteiger partial charge in [-0.1, -0.05) is 0 Å². The molecule has 0 bridgehead atoms. The lowest BCUT2D eigenvalue weighted by Gasteiger charge is -2.30. The van der Waals surface area contributed by atoms with Crippen molar-refractivity contribution in [2.75, 3.05) is 18.1 Å². The highest BCUT2D eigenvalue weighted by atomic mass is 16.6. The van der Waals surface area contributed by atoms with E-state index in [1.54, 1.807) is 11.0 Å². The molecule has 1 aromatic heterocycles. The first-order chi connectivity index (χ1) is 10.2. The number of aromatic nitrogens is 2. The highest BCUT2D eigenvalue weighted by molar-refractivity contribution is 5.89. The lowest BCUT2D eigenvalue weighted by molar-refractivity contribution is 0.107. The van der Waals surface area contributed by atoms with Gasteiger partial charge in [-0.2, -0.15) is 0 Å². The Labute approximate surface area is 121 Å². The largest absolute Gasteiger partial charge is 0.484 e. The fraction of sp³-hybridized carbons (Fsp3) is 0.615. The molecule has 0 aromatic carbocycles. The number of fused-ring (bicyclic) bond motifs is 2. The molecule has 1 aliphatic carbocycles. The van der Waals surface area contributed by atoms with Crippen LogP contribution in [0.15, 0.2) is 6.07 Å². The molecule has 4 rings (SSSR count). The number of nitrogens with two attached hydrogens (primary N) is 1. The molecule has 3 unspecified atom stereocenters. The van der Waals surface area contributed by atoms with Gasteiger partial charge in [0.15, 0.2) is 11.6 Å². The van der Waals surface area contributed by atoms with E-state index >= 15 is 0 Å². The molecule has 3 atom stereocenters. The lowest BCUT2D eigenvalue weighted by atomic mass is 9.89. The Morgan fingerprint density at radius 1 is 1.24 bits per heavy atom. The molecule has 3 heterocycles. The molecule has 0 radical (unpaired) electrons. The number of ether oxygens (including phenoxy) is 3. The SMILES string of the molecule is NC1CCC2C(C1)OC(=O)N2c1cc2c(nn1)OCCO2. The van der Waals surface area contributed by atoms with E-state index in [1.807, 2.05) is 0 Å². The van der Waals surface area contributed by atoms with Crippen molar-refractivity contribution < 1.29 is 19.0 Å². The third-order valence-corrected chi connectivity index (χ3v) is 4.12. The first kappa shape index (κ1) is 12.6. The normalized spacial score (nSPS) is 30.8. The fourth-order valence-corrected chi connectivity index (χ4v) is 3.12. The summed E-state index contributed by atoms with van der Waals surface area (Å²) in [4.78, 5) is 13.7. The van der Waals surface area contributed by atoms with E-state index in [2.05, 4.69) is 10.2 Å². The molecule has 112 valence electrons. The van der Waals surface area contributed by atoms with Crippen molar-refractivity contribution in [2.45, 2.75) is 37.5 Å². The number of hydrogen-bond acceptors (Lipinski definition) is 7. The first-order valence-electron chi connectivity index (χ1n) is 7.11. The van der Waals surface area contributed by atoms with Gasteiger partial charge in [0.1, 0.15) is 19.3 Å². The van der Waals surface area contributed by atoms with Crippen molar-refractivity contribution in [1.29, 1.82) is 0 Å². The Morgan fingerprint density at radius 3 is 3.00 bits per heavy atom. The van der Waals surface area contributed by atoms with Crippen LogP contribution in [-0.4, -0.2) is 47.7 Å². The van der Waals surface area contributed by atoms with Crippen LogP contribution in [0.3, 0.4) is 0 Å². The third kappa shape index (κ3) is 2.06. The monoisotopic (exact) mass is 292 g/mol. The van der Waals surface area contributed by atoms with Crippen molar-refractivity contribution in [3.8, 4) is 11.6 Å². The summed E-state index contributed by atoms with van der Waals surface area (Å²) in [6.07, 6.45) is 1.78. The zero-order chi connectivity index (χ0) is 14.4. The van der Waals surface area contributed by atoms with E-state index in [4.69, 9.17) is 19.9 Å². The number of carbonyl (C=O) groups excluding carboxylic acids is 1. The number of hydrogen-bond donors (Lipinski definition) is 1. The van der Waals surface area contributed by atoms with Gasteiger partial charge in [-0.05, 0) is 12.8 Å². The maximum atomic E-state index is 12.1. The van der Waals surface area contributed by atoms with Crippen LogP contribution in [0.2, 0.25) is 0 Å². The summed E-state index contributed by atoms with van der Waals surface area (Å²) in [5, 5.41) is 8.05. The summed E-state index contributed by atoms with van der Waals surface area (Å²) in [6, 6.07) is 1.74. The van der Waals surface area contributed by atoms with Gasteiger partial charge in [0.05, 0.1) is 6.04 Å². The maximum Gasteiger partial charge on any atom is 0.416 e. The Kier molecular flexibility index (Phi) is 2.85. The second-order valence-corrected chi connectivity index (χ2v) is 5.50. The molecule has 2 fully saturated rings. The van der Waals surface area contributed by atoms with Crippen molar-refractivity contribution >= 4 is 11.9 Å². The average Bonchev–Trinajstić information content (AvgIpc) is 2.81. The van der Waals surface area contributed by atoms with E-state index in [-0.39, 0.29) is 18.2 Å². The molecule has 3 aliphatic rings. The molecule has 8 heteroatoms. The maximum absolute atomic E-state index is 12.1. The second kappa shape index (κ2) is 4.73. The van der Waals surface area contributed by atoms with Gasteiger partial charge in [-0.15, -0.1) is 10.2 Å². The predicted molar refractivity (Wildman–Crippen MR) is 71.4 cm³/mol. The molecule has 1 aromatic rings. The number of nitrogens with zero attached hydrogens (tertiary/aromatic N) is 3. The number of carbonyl (C=O) groups is 1. The van der Waals surface area contributed by atoms with Crippen LogP contribution in [0.1, 0.15) is 19.3 Å². The van der Waals surface area contributed by atoms with Crippen molar-refractivity contribution in [3.63, 3.8) is 0 Å². The first-order valence-corrected chi connectivity index (χ1v) is 7.11. The molecular weight excluding hydrogens is 276 g/mol. The van der Waals surface area contributed by atoms with E-state index in [9.17, 15) is 4.79 Å². The van der Waals surface area contributed by atoms with Gasteiger partial charge in [0.25, 0.3) is 5.88 Å². The van der Waals surface area contributed by atoms with Crippen LogP contribution in [0.5, 0.6) is 11.6 Å². The van der Waals surface area contributed by atoms with E-state index in [0.717, 1.165) is 12.8 Å². The highest BCUT2D eigenvalue weighted by Crippen LogP contribution is 2.37. The van der Waals surface area contributed by atoms with Crippen molar-refractivity contribution in [3.05, 3.63) is 6.07 Å². The van der Waals surface area contributed by atoms with Crippen molar-refractivity contribution in [2.24, 2.45) is 5.73 Å². The fourth-order valence-electron chi connectivity index (χ4n) is 3.12. The molecule has 8 nitrogen and oxygen atoms in total. The van der Waals surface area contributed by atoms with E-state index in [0.29, 0.717) is 37.1 Å². The van der Waals surface area contributed by atoms with Gasteiger partial charge in [0, 0.05) is 18.5 Å². The van der Waals surface area contributed by atoms with Gasteiger partial charge < -0.3 is 19.9 Å². The van der Waals surface area contributed by atoms with Crippen LogP contribution >= 0.6 is 0 Å². The van der Waals surface area contributed by atoms with Crippen LogP contribution in [0.25, 0.3) is 0 Å². The Bertz CT molecular complexity index is 581. The summed E-state index contributed by atoms with van der Waals surface area (Å²) < 4.78 is 16.2. The molecule has 0 spiro atoms. The average molecular weight is 292 g/mol. The van der Waals surface area contributed by atoms with Crippen molar-refractivity contribution in [1.82, 2.24) is 10.2 Å². The summed E-state index contributed by atoms with van der Waals surface area (Å²) >= 11 is 0. The molecule has 2 aliphatic heterocycles. The minimum Gasteiger partial charge on any atom is -0.484 e. The lowest BCUT2D eigenvalue weighted by Crippen LogP contribution is -2.44. The van der Waals surface area contributed by atoms with Crippen LogP contribution in [0, 0.1) is 0 Å². The second-order valence-electron chi connectivity index (χ2n) is 5.50. The molecule has 2 N–H and O–H groups in total. The Balaban J connectivity index is 1.64. The van der Waals surface area contributed by atoms with Gasteiger partial charge >= 0.3 is 6.09 Å². The molecule has 1 saturated heterocycles. The zero-order valence-electron chi connectivity index (χ0n) is 11.4. The van der Waals surface area contributed by atoms with Gasteiger partial charge in [0.2, 0.25) is 0 Å². The molecule has 21 heavy (non-hydrogen) atoms. The minimum atomic E-state index is -0.398. The van der Waals surface area contributed by atoms with Crippen LogP contribution in [-0.2, 0) is 4.74 Å². The third-order valence-electron chi connectivity index (χ3n) is 4.12. The predicted octanol–water partition coefficient (Wildman–Crippen LogP) is 0.453.